The maximum Gasteiger partial charge on any atom is 0.312 e. The monoisotopic (exact) mass is 351 g/mol. The van der Waals surface area contributed by atoms with E-state index in [4.69, 9.17) is 17.3 Å². The predicted octanol–water partition coefficient (Wildman–Crippen LogP) is 3.38. The summed E-state index contributed by atoms with van der Waals surface area (Å²) in [6, 6.07) is 9.78. The molecule has 0 saturated heterocycles. The van der Waals surface area contributed by atoms with Crippen molar-refractivity contribution in [3.63, 3.8) is 0 Å². The molecule has 23 heavy (non-hydrogen) atoms. The normalized spacial score (nSPS) is 13.1. The molecule has 4 N–H and O–H groups in total. The second kappa shape index (κ2) is 7.99. The van der Waals surface area contributed by atoms with Gasteiger partial charge in [-0.25, -0.2) is 4.79 Å². The quantitative estimate of drug-likeness (QED) is 0.745. The van der Waals surface area contributed by atoms with Gasteiger partial charge in [0.25, 0.3) is 0 Å². The van der Waals surface area contributed by atoms with Crippen molar-refractivity contribution in [2.24, 2.45) is 5.73 Å². The Labute approximate surface area is 143 Å². The number of carbonyl (C=O) groups excluding carboxylic acids is 2. The molecule has 0 saturated carbocycles. The van der Waals surface area contributed by atoms with E-state index in [0.717, 1.165) is 10.4 Å². The molecule has 2 aromatic rings. The molecule has 7 heteroatoms. The van der Waals surface area contributed by atoms with Gasteiger partial charge in [-0.1, -0.05) is 29.8 Å². The molecule has 0 aliphatic carbocycles. The van der Waals surface area contributed by atoms with Gasteiger partial charge in [-0.3, -0.25) is 4.79 Å². The number of carbonyl (C=O) groups is 2. The summed E-state index contributed by atoms with van der Waals surface area (Å²) in [6.45, 7) is 1.88. The van der Waals surface area contributed by atoms with Gasteiger partial charge >= 0.3 is 6.03 Å². The molecule has 0 aliphatic heterocycles. The fourth-order valence-corrected chi connectivity index (χ4v) is 3.21. The van der Waals surface area contributed by atoms with Gasteiger partial charge in [0.15, 0.2) is 0 Å². The minimum absolute atomic E-state index is 0.119. The molecule has 1 heterocycles. The van der Waals surface area contributed by atoms with Crippen LogP contribution in [0.15, 0.2) is 41.8 Å². The van der Waals surface area contributed by atoms with Crippen LogP contribution in [0.4, 0.5) is 4.79 Å². The van der Waals surface area contributed by atoms with Crippen LogP contribution in [0.25, 0.3) is 0 Å². The third-order valence-electron chi connectivity index (χ3n) is 3.32. The average Bonchev–Trinajstić information content (AvgIpc) is 3.00. The Bertz CT molecular complexity index is 676. The molecular weight excluding hydrogens is 334 g/mol. The van der Waals surface area contributed by atoms with Crippen LogP contribution in [0.2, 0.25) is 5.02 Å². The first-order chi connectivity index (χ1) is 11.0. The van der Waals surface area contributed by atoms with Crippen LogP contribution in [0.3, 0.4) is 0 Å². The molecule has 5 nitrogen and oxygen atoms in total. The third-order valence-corrected chi connectivity index (χ3v) is 4.54. The van der Waals surface area contributed by atoms with Crippen molar-refractivity contribution >= 4 is 34.9 Å². The number of hydrogen-bond acceptors (Lipinski definition) is 3. The molecule has 1 aromatic heterocycles. The van der Waals surface area contributed by atoms with Gasteiger partial charge < -0.3 is 16.4 Å². The molecule has 0 aliphatic rings. The summed E-state index contributed by atoms with van der Waals surface area (Å²) in [6.07, 6.45) is 0.119. The van der Waals surface area contributed by atoms with Crippen LogP contribution in [0.5, 0.6) is 0 Å². The second-order valence-corrected chi connectivity index (χ2v) is 6.54. The van der Waals surface area contributed by atoms with Gasteiger partial charge in [-0.05, 0) is 36.1 Å². The number of rotatable bonds is 6. The Morgan fingerprint density at radius 1 is 1.26 bits per heavy atom. The summed E-state index contributed by atoms with van der Waals surface area (Å²) < 4.78 is 0. The fourth-order valence-electron chi connectivity index (χ4n) is 2.23. The maximum atomic E-state index is 12.3. The molecule has 0 fully saturated rings. The summed E-state index contributed by atoms with van der Waals surface area (Å²) in [5.41, 5.74) is 6.11. The number of hydrogen-bond donors (Lipinski definition) is 3. The number of nitrogens with two attached hydrogens (primary N) is 1. The predicted molar refractivity (Wildman–Crippen MR) is 92.4 cm³/mol. The van der Waals surface area contributed by atoms with Gasteiger partial charge in [0, 0.05) is 9.90 Å². The Balaban J connectivity index is 2.00. The van der Waals surface area contributed by atoms with Crippen molar-refractivity contribution in [1.29, 1.82) is 0 Å². The van der Waals surface area contributed by atoms with Crippen molar-refractivity contribution in [1.82, 2.24) is 10.6 Å². The highest BCUT2D eigenvalue weighted by atomic mass is 35.5. The van der Waals surface area contributed by atoms with Crippen molar-refractivity contribution in [3.8, 4) is 0 Å². The summed E-state index contributed by atoms with van der Waals surface area (Å²) in [5, 5.41) is 8.01. The van der Waals surface area contributed by atoms with Crippen molar-refractivity contribution in [2.75, 3.05) is 0 Å². The molecule has 2 rings (SSSR count). The van der Waals surface area contributed by atoms with E-state index < -0.39 is 12.1 Å². The van der Waals surface area contributed by atoms with E-state index in [-0.39, 0.29) is 18.4 Å². The van der Waals surface area contributed by atoms with Gasteiger partial charge in [0.05, 0.1) is 18.5 Å². The van der Waals surface area contributed by atoms with Crippen molar-refractivity contribution in [2.45, 2.75) is 25.4 Å². The third kappa shape index (κ3) is 5.26. The lowest BCUT2D eigenvalue weighted by atomic mass is 10.1. The van der Waals surface area contributed by atoms with E-state index >= 15 is 0 Å². The van der Waals surface area contributed by atoms with Gasteiger partial charge in [-0.2, -0.15) is 0 Å². The van der Waals surface area contributed by atoms with Gasteiger partial charge in [0.1, 0.15) is 0 Å². The smallest absolute Gasteiger partial charge is 0.312 e. The van der Waals surface area contributed by atoms with E-state index in [9.17, 15) is 9.59 Å². The van der Waals surface area contributed by atoms with E-state index in [1.165, 1.54) is 11.3 Å². The molecule has 3 amide bonds. The zero-order valence-corrected chi connectivity index (χ0v) is 14.2. The van der Waals surface area contributed by atoms with E-state index in [1.54, 1.807) is 6.07 Å². The number of amides is 3. The van der Waals surface area contributed by atoms with E-state index in [2.05, 4.69) is 10.6 Å². The Kier molecular flexibility index (Phi) is 6.01. The molecule has 0 radical (unpaired) electrons. The number of urea groups is 1. The number of nitrogens with one attached hydrogen (secondary N) is 2. The zero-order chi connectivity index (χ0) is 16.8. The molecule has 0 spiro atoms. The Morgan fingerprint density at radius 2 is 2.04 bits per heavy atom. The average molecular weight is 352 g/mol. The molecule has 1 aromatic carbocycles. The van der Waals surface area contributed by atoms with E-state index in [0.29, 0.717) is 5.02 Å². The molecular formula is C16H18ClN3O2S. The molecule has 122 valence electrons. The van der Waals surface area contributed by atoms with Crippen molar-refractivity contribution in [3.05, 3.63) is 57.2 Å². The van der Waals surface area contributed by atoms with Crippen LogP contribution in [-0.4, -0.2) is 11.9 Å². The highest BCUT2D eigenvalue weighted by Crippen LogP contribution is 2.23. The highest BCUT2D eigenvalue weighted by Gasteiger charge is 2.19. The number of thiophene rings is 1. The van der Waals surface area contributed by atoms with Gasteiger partial charge in [0.2, 0.25) is 5.91 Å². The summed E-state index contributed by atoms with van der Waals surface area (Å²) in [7, 11) is 0. The first-order valence-corrected chi connectivity index (χ1v) is 8.35. The Hall–Kier alpha value is -2.05. The van der Waals surface area contributed by atoms with Crippen LogP contribution < -0.4 is 16.4 Å². The molecule has 2 atom stereocenters. The Morgan fingerprint density at radius 3 is 2.65 bits per heavy atom. The fraction of sp³-hybridized carbons (Fsp3) is 0.250. The standard InChI is InChI=1S/C16H18ClN3O2S/c1-10(11-4-2-5-12(17)8-11)19-15(21)9-13(20-16(18)22)14-6-3-7-23-14/h2-8,10,13H,9H2,1H3,(H,19,21)(H3,18,20,22)/t10-,13+/m0/s1. The number of benzene rings is 1. The number of halogens is 1. The number of primary amides is 1. The van der Waals surface area contributed by atoms with Crippen LogP contribution in [0.1, 0.15) is 35.9 Å². The lowest BCUT2D eigenvalue weighted by Crippen LogP contribution is -2.36. The highest BCUT2D eigenvalue weighted by molar-refractivity contribution is 7.10. The minimum atomic E-state index is -0.654. The lowest BCUT2D eigenvalue weighted by molar-refractivity contribution is -0.122. The second-order valence-electron chi connectivity index (χ2n) is 5.12. The zero-order valence-electron chi connectivity index (χ0n) is 12.6. The lowest BCUT2D eigenvalue weighted by Gasteiger charge is -2.19. The van der Waals surface area contributed by atoms with E-state index in [1.807, 2.05) is 42.6 Å². The SMILES string of the molecule is C[C@H](NC(=O)C[C@@H](NC(N)=O)c1cccs1)c1cccc(Cl)c1. The maximum absolute atomic E-state index is 12.3. The molecule has 0 unspecified atom stereocenters. The topological polar surface area (TPSA) is 84.2 Å². The first kappa shape index (κ1) is 17.3. The minimum Gasteiger partial charge on any atom is -0.352 e. The van der Waals surface area contributed by atoms with Crippen LogP contribution >= 0.6 is 22.9 Å². The van der Waals surface area contributed by atoms with Crippen LogP contribution in [-0.2, 0) is 4.79 Å². The van der Waals surface area contributed by atoms with Crippen molar-refractivity contribution < 1.29 is 9.59 Å². The van der Waals surface area contributed by atoms with Crippen LogP contribution in [0, 0.1) is 0 Å². The first-order valence-electron chi connectivity index (χ1n) is 7.10. The van der Waals surface area contributed by atoms with Gasteiger partial charge in [-0.15, -0.1) is 11.3 Å². The summed E-state index contributed by atoms with van der Waals surface area (Å²) >= 11 is 7.43. The largest absolute Gasteiger partial charge is 0.352 e. The molecule has 0 bridgehead atoms. The summed E-state index contributed by atoms with van der Waals surface area (Å²) in [5.74, 6) is -0.176. The summed E-state index contributed by atoms with van der Waals surface area (Å²) in [4.78, 5) is 24.3.